The fourth-order valence-corrected chi connectivity index (χ4v) is 12.5. The average molecular weight is 969 g/mol. The van der Waals surface area contributed by atoms with Gasteiger partial charge in [0.15, 0.2) is 0 Å². The maximum Gasteiger partial charge on any atom is 0.143 e. The van der Waals surface area contributed by atoms with Gasteiger partial charge in [-0.05, 0) is 134 Å². The number of nitrogens with zero attached hydrogens (tertiary/aromatic N) is 2. The summed E-state index contributed by atoms with van der Waals surface area (Å²) in [5.41, 5.74) is 22.4. The van der Waals surface area contributed by atoms with Crippen molar-refractivity contribution in [1.82, 2.24) is 4.57 Å². The summed E-state index contributed by atoms with van der Waals surface area (Å²) in [6, 6.07) is 106. The number of fused-ring (bicyclic) bond motifs is 9. The zero-order valence-corrected chi connectivity index (χ0v) is 41.5. The Labute approximate surface area is 441 Å². The Morgan fingerprint density at radius 3 is 1.54 bits per heavy atom. The second-order valence-electron chi connectivity index (χ2n) is 20.0. The Morgan fingerprint density at radius 2 is 0.829 bits per heavy atom. The molecule has 3 nitrogen and oxygen atoms in total. The van der Waals surface area contributed by atoms with Crippen molar-refractivity contribution in [2.45, 2.75) is 5.41 Å². The highest BCUT2D eigenvalue weighted by Crippen LogP contribution is 2.57. The van der Waals surface area contributed by atoms with Gasteiger partial charge in [-0.2, -0.15) is 0 Å². The second kappa shape index (κ2) is 17.6. The van der Waals surface area contributed by atoms with Crippen molar-refractivity contribution in [3.8, 4) is 50.2 Å². The third-order valence-electron chi connectivity index (χ3n) is 15.9. The molecule has 0 unspecified atom stereocenters. The molecule has 0 atom stereocenters. The largest absolute Gasteiger partial charge is 0.455 e. The minimum Gasteiger partial charge on any atom is -0.455 e. The first-order valence-electron chi connectivity index (χ1n) is 26.1. The molecular formula is C73H48N2O. The maximum atomic E-state index is 6.58. The van der Waals surface area contributed by atoms with Gasteiger partial charge < -0.3 is 13.9 Å². The molecule has 0 saturated carbocycles. The van der Waals surface area contributed by atoms with E-state index in [-0.39, 0.29) is 0 Å². The Bertz CT molecular complexity index is 4440. The van der Waals surface area contributed by atoms with E-state index in [1.54, 1.807) is 0 Å². The standard InChI is InChI=1S/C73H48N2O/c1-5-18-51(19-6-1)60-28-17-29-65-66-46-52(37-45-71(66)76-72(60)65)49-32-38-57(39-33-49)74(58-40-34-50(35-41-58)53-36-43-64-63-27-14-16-31-69(63)75(70(64)47-53)56-24-11-4-12-25-56)59-42-44-62-61-26-13-15-30-67(61)73(68(62)48-59,54-20-7-2-8-21-54)55-22-9-3-10-23-55/h1-48H. The van der Waals surface area contributed by atoms with E-state index in [0.29, 0.717) is 0 Å². The molecule has 0 aliphatic heterocycles. The van der Waals surface area contributed by atoms with Crippen molar-refractivity contribution < 1.29 is 4.42 Å². The molecule has 0 amide bonds. The van der Waals surface area contributed by atoms with Crippen molar-refractivity contribution in [2.75, 3.05) is 4.90 Å². The third kappa shape index (κ3) is 6.83. The number of para-hydroxylation sites is 3. The van der Waals surface area contributed by atoms with Crippen LogP contribution in [0, 0.1) is 0 Å². The molecule has 1 aliphatic rings. The monoisotopic (exact) mass is 968 g/mol. The van der Waals surface area contributed by atoms with Gasteiger partial charge in [-0.3, -0.25) is 0 Å². The molecule has 1 aliphatic carbocycles. The molecule has 0 N–H and O–H groups in total. The molecule has 2 heterocycles. The van der Waals surface area contributed by atoms with Gasteiger partial charge in [0.1, 0.15) is 11.2 Å². The lowest BCUT2D eigenvalue weighted by Crippen LogP contribution is -2.28. The second-order valence-corrected chi connectivity index (χ2v) is 20.0. The van der Waals surface area contributed by atoms with E-state index in [1.165, 1.54) is 60.8 Å². The summed E-state index contributed by atoms with van der Waals surface area (Å²) in [5.74, 6) is 0. The van der Waals surface area contributed by atoms with Crippen LogP contribution in [0.2, 0.25) is 0 Å². The number of hydrogen-bond donors (Lipinski definition) is 0. The molecule has 0 bridgehead atoms. The SMILES string of the molecule is c1ccc(-c2cccc3c2oc2ccc(-c4ccc(N(c5ccc(-c6ccc7c8ccccc8n(-c8ccccc8)c7c6)cc5)c5ccc6c(c5)C(c5ccccc5)(c5ccccc5)c5ccccc5-6)cc4)cc23)cc1. The van der Waals surface area contributed by atoms with Gasteiger partial charge in [-0.1, -0.05) is 218 Å². The Kier molecular flexibility index (Phi) is 10.1. The summed E-state index contributed by atoms with van der Waals surface area (Å²) < 4.78 is 8.98. The Morgan fingerprint density at radius 1 is 0.303 bits per heavy atom. The summed E-state index contributed by atoms with van der Waals surface area (Å²) in [4.78, 5) is 2.42. The maximum absolute atomic E-state index is 6.58. The van der Waals surface area contributed by atoms with Crippen LogP contribution in [0.1, 0.15) is 22.3 Å². The van der Waals surface area contributed by atoms with Gasteiger partial charge in [-0.25, -0.2) is 0 Å². The first kappa shape index (κ1) is 43.6. The van der Waals surface area contributed by atoms with Crippen LogP contribution in [-0.4, -0.2) is 4.57 Å². The van der Waals surface area contributed by atoms with Crippen LogP contribution in [0.5, 0.6) is 0 Å². The molecule has 12 aromatic carbocycles. The lowest BCUT2D eigenvalue weighted by Gasteiger charge is -2.35. The van der Waals surface area contributed by atoms with Crippen LogP contribution in [0.3, 0.4) is 0 Å². The zero-order chi connectivity index (χ0) is 50.2. The molecule has 3 heteroatoms. The van der Waals surface area contributed by atoms with Crippen LogP contribution in [0.15, 0.2) is 296 Å². The highest BCUT2D eigenvalue weighted by Gasteiger charge is 2.46. The lowest BCUT2D eigenvalue weighted by molar-refractivity contribution is 0.670. The van der Waals surface area contributed by atoms with E-state index in [1.807, 2.05) is 0 Å². The van der Waals surface area contributed by atoms with E-state index >= 15 is 0 Å². The third-order valence-corrected chi connectivity index (χ3v) is 15.9. The number of hydrogen-bond acceptors (Lipinski definition) is 2. The Balaban J connectivity index is 0.875. The zero-order valence-electron chi connectivity index (χ0n) is 41.5. The van der Waals surface area contributed by atoms with Crippen molar-refractivity contribution >= 4 is 60.8 Å². The smallest absolute Gasteiger partial charge is 0.143 e. The van der Waals surface area contributed by atoms with Crippen LogP contribution < -0.4 is 4.90 Å². The van der Waals surface area contributed by atoms with Crippen molar-refractivity contribution in [2.24, 2.45) is 0 Å². The molecular weight excluding hydrogens is 921 g/mol. The van der Waals surface area contributed by atoms with Crippen molar-refractivity contribution in [3.05, 3.63) is 313 Å². The first-order valence-corrected chi connectivity index (χ1v) is 26.1. The molecule has 0 spiro atoms. The quantitative estimate of drug-likeness (QED) is 0.144. The number of rotatable bonds is 9. The molecule has 76 heavy (non-hydrogen) atoms. The topological polar surface area (TPSA) is 21.3 Å². The molecule has 2 aromatic heterocycles. The molecule has 15 rings (SSSR count). The number of anilines is 3. The van der Waals surface area contributed by atoms with Crippen LogP contribution in [-0.2, 0) is 5.41 Å². The fourth-order valence-electron chi connectivity index (χ4n) is 12.5. The summed E-state index contributed by atoms with van der Waals surface area (Å²) in [7, 11) is 0. The highest BCUT2D eigenvalue weighted by molar-refractivity contribution is 6.11. The molecule has 356 valence electrons. The van der Waals surface area contributed by atoms with E-state index in [2.05, 4.69) is 301 Å². The first-order chi connectivity index (χ1) is 37.7. The summed E-state index contributed by atoms with van der Waals surface area (Å²) in [6.07, 6.45) is 0. The van der Waals surface area contributed by atoms with Crippen molar-refractivity contribution in [1.29, 1.82) is 0 Å². The van der Waals surface area contributed by atoms with Gasteiger partial charge in [0.2, 0.25) is 0 Å². The fraction of sp³-hybridized carbons (Fsp3) is 0.0137. The summed E-state index contributed by atoms with van der Waals surface area (Å²) in [6.45, 7) is 0. The van der Waals surface area contributed by atoms with E-state index in [4.69, 9.17) is 4.42 Å². The van der Waals surface area contributed by atoms with Gasteiger partial charge >= 0.3 is 0 Å². The normalized spacial score (nSPS) is 12.6. The highest BCUT2D eigenvalue weighted by atomic mass is 16.3. The van der Waals surface area contributed by atoms with E-state index < -0.39 is 5.41 Å². The van der Waals surface area contributed by atoms with E-state index in [0.717, 1.165) is 72.5 Å². The molecule has 0 radical (unpaired) electrons. The van der Waals surface area contributed by atoms with Gasteiger partial charge in [-0.15, -0.1) is 0 Å². The number of furan rings is 1. The molecule has 0 fully saturated rings. The average Bonchev–Trinajstić information content (AvgIpc) is 4.30. The van der Waals surface area contributed by atoms with Crippen LogP contribution in [0.25, 0.3) is 93.9 Å². The molecule has 14 aromatic rings. The van der Waals surface area contributed by atoms with Gasteiger partial charge in [0.05, 0.1) is 16.4 Å². The summed E-state index contributed by atoms with van der Waals surface area (Å²) in [5, 5.41) is 4.71. The lowest BCUT2D eigenvalue weighted by atomic mass is 9.67. The van der Waals surface area contributed by atoms with E-state index in [9.17, 15) is 0 Å². The van der Waals surface area contributed by atoms with Crippen LogP contribution in [0.4, 0.5) is 17.1 Å². The molecule has 0 saturated heterocycles. The Hall–Kier alpha value is -9.96. The number of aromatic nitrogens is 1. The number of benzene rings is 12. The van der Waals surface area contributed by atoms with Crippen LogP contribution >= 0.6 is 0 Å². The summed E-state index contributed by atoms with van der Waals surface area (Å²) >= 11 is 0. The van der Waals surface area contributed by atoms with Gasteiger partial charge in [0.25, 0.3) is 0 Å². The minimum absolute atomic E-state index is 0.539. The van der Waals surface area contributed by atoms with Gasteiger partial charge in [0, 0.05) is 49.9 Å². The minimum atomic E-state index is -0.539. The predicted octanol–water partition coefficient (Wildman–Crippen LogP) is 19.5. The van der Waals surface area contributed by atoms with Crippen molar-refractivity contribution in [3.63, 3.8) is 0 Å². The predicted molar refractivity (Wildman–Crippen MR) is 316 cm³/mol.